The average Bonchev–Trinajstić information content (AvgIpc) is 3.31. The van der Waals surface area contributed by atoms with Crippen LogP contribution in [0.15, 0.2) is 60.5 Å². The Hall–Kier alpha value is -4.19. The monoisotopic (exact) mass is 492 g/mol. The summed E-state index contributed by atoms with van der Waals surface area (Å²) in [7, 11) is 0. The molecule has 35 heavy (non-hydrogen) atoms. The molecule has 1 aliphatic rings. The lowest BCUT2D eigenvalue weighted by atomic mass is 10.0. The van der Waals surface area contributed by atoms with Gasteiger partial charge in [0, 0.05) is 11.8 Å². The van der Waals surface area contributed by atoms with E-state index in [1.165, 1.54) is 6.20 Å². The summed E-state index contributed by atoms with van der Waals surface area (Å²) in [5.41, 5.74) is 3.96. The number of benzene rings is 1. The smallest absolute Gasteiger partial charge is 0.319 e. The Balaban J connectivity index is 1.39. The Kier molecular flexibility index (Phi) is 5.95. The van der Waals surface area contributed by atoms with Gasteiger partial charge in [-0.15, -0.1) is 26.5 Å². The molecule has 0 radical (unpaired) electrons. The van der Waals surface area contributed by atoms with Crippen molar-refractivity contribution in [2.75, 3.05) is 6.61 Å². The molecule has 178 valence electrons. The van der Waals surface area contributed by atoms with Crippen molar-refractivity contribution in [2.45, 2.75) is 25.8 Å². The van der Waals surface area contributed by atoms with Crippen LogP contribution in [0.5, 0.6) is 5.75 Å². The maximum atomic E-state index is 12.6. The van der Waals surface area contributed by atoms with Crippen molar-refractivity contribution in [3.8, 4) is 17.0 Å². The van der Waals surface area contributed by atoms with E-state index in [2.05, 4.69) is 25.1 Å². The average molecular weight is 493 g/mol. The molecule has 1 fully saturated rings. The van der Waals surface area contributed by atoms with Crippen LogP contribution in [-0.4, -0.2) is 42.6 Å². The molecule has 1 atom stereocenters. The Labute approximate surface area is 203 Å². The number of hydrogen-bond acceptors (Lipinski definition) is 10. The first-order valence-electron chi connectivity index (χ1n) is 10.8. The molecule has 0 spiro atoms. The fraction of sp³-hybridized carbons (Fsp3) is 0.261. The van der Waals surface area contributed by atoms with E-state index in [4.69, 9.17) is 4.74 Å². The van der Waals surface area contributed by atoms with Crippen LogP contribution in [0.25, 0.3) is 11.3 Å². The van der Waals surface area contributed by atoms with Crippen LogP contribution in [0.4, 0.5) is 0 Å². The van der Waals surface area contributed by atoms with Crippen molar-refractivity contribution in [1.82, 2.24) is 25.0 Å². The van der Waals surface area contributed by atoms with Crippen molar-refractivity contribution >= 4 is 17.3 Å². The van der Waals surface area contributed by atoms with E-state index >= 15 is 0 Å². The van der Waals surface area contributed by atoms with Gasteiger partial charge in [0.15, 0.2) is 0 Å². The minimum Gasteiger partial charge on any atom is -0.424 e. The molecule has 1 saturated carbocycles. The molecular weight excluding hydrogens is 472 g/mol. The number of pyridine rings is 1. The minimum absolute atomic E-state index is 0.199. The molecule has 0 bridgehead atoms. The molecule has 1 unspecified atom stereocenters. The number of aryl methyl sites for hydroxylation is 1. The van der Waals surface area contributed by atoms with E-state index in [0.717, 1.165) is 16.1 Å². The molecule has 1 aliphatic carbocycles. The highest BCUT2D eigenvalue weighted by Gasteiger charge is 2.52. The highest BCUT2D eigenvalue weighted by Crippen LogP contribution is 2.47. The van der Waals surface area contributed by atoms with Crippen LogP contribution in [0.1, 0.15) is 35.0 Å². The maximum Gasteiger partial charge on any atom is 0.319 e. The van der Waals surface area contributed by atoms with Gasteiger partial charge in [-0.25, -0.2) is 9.67 Å². The van der Waals surface area contributed by atoms with Gasteiger partial charge in [0.25, 0.3) is 5.09 Å². The van der Waals surface area contributed by atoms with Gasteiger partial charge in [0.05, 0.1) is 33.9 Å². The highest BCUT2D eigenvalue weighted by molar-refractivity contribution is 7.09. The molecule has 1 aromatic carbocycles. The second-order valence-electron chi connectivity index (χ2n) is 8.28. The Morgan fingerprint density at radius 1 is 1.29 bits per heavy atom. The normalized spacial score (nSPS) is 14.8. The number of esters is 1. The fourth-order valence-corrected chi connectivity index (χ4v) is 4.65. The van der Waals surface area contributed by atoms with Gasteiger partial charge < -0.3 is 9.57 Å². The summed E-state index contributed by atoms with van der Waals surface area (Å²) in [6.45, 7) is 1.64. The number of thiazole rings is 1. The molecular formula is C23H20N6O5S. The van der Waals surface area contributed by atoms with E-state index in [1.807, 2.05) is 49.0 Å². The predicted octanol–water partition coefficient (Wildman–Crippen LogP) is 3.64. The lowest BCUT2D eigenvalue weighted by Crippen LogP contribution is -2.27. The first-order chi connectivity index (χ1) is 16.9. The molecule has 5 rings (SSSR count). The van der Waals surface area contributed by atoms with Crippen LogP contribution in [0.2, 0.25) is 0 Å². The van der Waals surface area contributed by atoms with Crippen LogP contribution in [0, 0.1) is 22.5 Å². The SMILES string of the molecule is Cc1ncsc1C(c1ccccc1)n1cc(-c2cncc(OC(=O)C3(CO[N+](=O)[O-])CC3)c2)nn1. The van der Waals surface area contributed by atoms with Crippen LogP contribution >= 0.6 is 11.3 Å². The summed E-state index contributed by atoms with van der Waals surface area (Å²) in [6, 6.07) is 11.4. The standard InChI is InChI=1S/C23H20N6O5S/c1-15-21(35-14-25-15)20(16-5-3-2-4-6-16)28-12-19(26-27-28)17-9-18(11-24-10-17)34-22(30)23(7-8-23)13-33-29(31)32/h2-6,9-12,14,20H,7-8,13H2,1H3. The molecule has 0 N–H and O–H groups in total. The summed E-state index contributed by atoms with van der Waals surface area (Å²) >= 11 is 1.55. The fourth-order valence-electron chi connectivity index (χ4n) is 3.73. The van der Waals surface area contributed by atoms with Crippen molar-refractivity contribution in [2.24, 2.45) is 5.41 Å². The van der Waals surface area contributed by atoms with Crippen molar-refractivity contribution in [3.63, 3.8) is 0 Å². The number of ether oxygens (including phenoxy) is 1. The van der Waals surface area contributed by atoms with Crippen molar-refractivity contribution in [1.29, 1.82) is 0 Å². The number of hydrogen-bond donors (Lipinski definition) is 0. The topological polar surface area (TPSA) is 135 Å². The van der Waals surface area contributed by atoms with Gasteiger partial charge in [0.1, 0.15) is 24.1 Å². The van der Waals surface area contributed by atoms with Gasteiger partial charge in [-0.3, -0.25) is 9.78 Å². The molecule has 0 aliphatic heterocycles. The Morgan fingerprint density at radius 3 is 2.77 bits per heavy atom. The summed E-state index contributed by atoms with van der Waals surface area (Å²) in [5.74, 6) is -0.362. The van der Waals surface area contributed by atoms with Gasteiger partial charge in [-0.1, -0.05) is 35.5 Å². The summed E-state index contributed by atoms with van der Waals surface area (Å²) < 4.78 is 7.24. The number of rotatable bonds is 9. The lowest BCUT2D eigenvalue weighted by Gasteiger charge is -2.16. The zero-order chi connectivity index (χ0) is 24.4. The molecule has 3 heterocycles. The summed E-state index contributed by atoms with van der Waals surface area (Å²) in [5, 5.41) is 18.3. The van der Waals surface area contributed by atoms with Crippen LogP contribution in [0.3, 0.4) is 0 Å². The van der Waals surface area contributed by atoms with E-state index in [0.29, 0.717) is 24.1 Å². The second-order valence-corrected chi connectivity index (χ2v) is 9.16. The number of carbonyl (C=O) groups excluding carboxylic acids is 1. The quantitative estimate of drug-likeness (QED) is 0.195. The Bertz CT molecular complexity index is 1370. The number of nitrogens with zero attached hydrogens (tertiary/aromatic N) is 6. The first-order valence-corrected chi connectivity index (χ1v) is 11.6. The molecule has 0 amide bonds. The van der Waals surface area contributed by atoms with Gasteiger partial charge in [0.2, 0.25) is 0 Å². The number of carbonyl (C=O) groups is 1. The van der Waals surface area contributed by atoms with Crippen LogP contribution in [-0.2, 0) is 9.63 Å². The third-order valence-electron chi connectivity index (χ3n) is 5.87. The first kappa shape index (κ1) is 22.6. The second kappa shape index (κ2) is 9.22. The lowest BCUT2D eigenvalue weighted by molar-refractivity contribution is -0.759. The van der Waals surface area contributed by atoms with Crippen LogP contribution < -0.4 is 4.74 Å². The van der Waals surface area contributed by atoms with Crippen molar-refractivity contribution < 1.29 is 19.5 Å². The Morgan fingerprint density at radius 2 is 2.09 bits per heavy atom. The van der Waals surface area contributed by atoms with Gasteiger partial charge in [-0.05, 0) is 31.4 Å². The molecule has 11 nitrogen and oxygen atoms in total. The zero-order valence-corrected chi connectivity index (χ0v) is 19.4. The minimum atomic E-state index is -0.984. The summed E-state index contributed by atoms with van der Waals surface area (Å²) in [4.78, 5) is 37.1. The summed E-state index contributed by atoms with van der Waals surface area (Å²) in [6.07, 6.45) is 5.76. The third-order valence-corrected chi connectivity index (χ3v) is 6.86. The van der Waals surface area contributed by atoms with E-state index in [1.54, 1.807) is 28.3 Å². The maximum absolute atomic E-state index is 12.6. The highest BCUT2D eigenvalue weighted by atomic mass is 32.1. The number of aromatic nitrogens is 5. The van der Waals surface area contributed by atoms with E-state index in [9.17, 15) is 14.9 Å². The molecule has 4 aromatic rings. The molecule has 0 saturated heterocycles. The predicted molar refractivity (Wildman–Crippen MR) is 124 cm³/mol. The third kappa shape index (κ3) is 4.73. The van der Waals surface area contributed by atoms with Crippen molar-refractivity contribution in [3.05, 3.63) is 86.7 Å². The van der Waals surface area contributed by atoms with Gasteiger partial charge >= 0.3 is 5.97 Å². The molecule has 3 aromatic heterocycles. The largest absolute Gasteiger partial charge is 0.424 e. The van der Waals surface area contributed by atoms with E-state index < -0.39 is 16.5 Å². The molecule has 12 heteroatoms. The van der Waals surface area contributed by atoms with E-state index in [-0.39, 0.29) is 18.4 Å². The van der Waals surface area contributed by atoms with Gasteiger partial charge in [-0.2, -0.15) is 0 Å². The zero-order valence-electron chi connectivity index (χ0n) is 18.6.